The Labute approximate surface area is 80.1 Å². The Bertz CT molecular complexity index is 233. The molecular weight excluding hydrogens is 188 g/mol. The van der Waals surface area contributed by atoms with Gasteiger partial charge >= 0.3 is 0 Å². The van der Waals surface area contributed by atoms with E-state index in [1.54, 1.807) is 0 Å². The molecule has 1 fully saturated rings. The van der Waals surface area contributed by atoms with Crippen LogP contribution < -0.4 is 10.0 Å². The predicted molar refractivity (Wildman–Crippen MR) is 53.1 cm³/mol. The molecule has 0 aromatic rings. The fourth-order valence-electron chi connectivity index (χ4n) is 1.40. The Hall–Kier alpha value is -0.130. The lowest BCUT2D eigenvalue weighted by molar-refractivity contribution is 0.557. The fourth-order valence-corrected chi connectivity index (χ4v) is 2.90. The molecule has 0 saturated carbocycles. The van der Waals surface area contributed by atoms with Gasteiger partial charge in [-0.2, -0.15) is 0 Å². The monoisotopic (exact) mass is 206 g/mol. The van der Waals surface area contributed by atoms with Gasteiger partial charge in [-0.3, -0.25) is 0 Å². The third kappa shape index (κ3) is 4.06. The van der Waals surface area contributed by atoms with Gasteiger partial charge in [0.05, 0.1) is 5.75 Å². The number of sulfonamides is 1. The standard InChI is InChI=1S/C8H18N2O2S/c1-2-3-6-13(11,12)10-8-4-5-9-7-8/h8-10H,2-7H2,1H3/t8-/m1/s1. The van der Waals surface area contributed by atoms with Crippen LogP contribution >= 0.6 is 0 Å². The lowest BCUT2D eigenvalue weighted by atomic mass is 10.3. The molecule has 0 aromatic carbocycles. The summed E-state index contributed by atoms with van der Waals surface area (Å²) in [6.45, 7) is 3.68. The lowest BCUT2D eigenvalue weighted by Gasteiger charge is -2.11. The first kappa shape index (κ1) is 10.9. The van der Waals surface area contributed by atoms with Crippen molar-refractivity contribution in [2.75, 3.05) is 18.8 Å². The summed E-state index contributed by atoms with van der Waals surface area (Å²) in [7, 11) is -3.02. The molecule has 1 saturated heterocycles. The highest BCUT2D eigenvalue weighted by molar-refractivity contribution is 7.89. The van der Waals surface area contributed by atoms with Crippen LogP contribution in [0.4, 0.5) is 0 Å². The van der Waals surface area contributed by atoms with Gasteiger partial charge in [0.15, 0.2) is 0 Å². The molecule has 1 atom stereocenters. The van der Waals surface area contributed by atoms with Crippen LogP contribution in [0, 0.1) is 0 Å². The van der Waals surface area contributed by atoms with E-state index in [9.17, 15) is 8.42 Å². The molecule has 0 unspecified atom stereocenters. The lowest BCUT2D eigenvalue weighted by Crippen LogP contribution is -2.37. The van der Waals surface area contributed by atoms with E-state index < -0.39 is 10.0 Å². The van der Waals surface area contributed by atoms with E-state index >= 15 is 0 Å². The largest absolute Gasteiger partial charge is 0.315 e. The van der Waals surface area contributed by atoms with Crippen LogP contribution in [0.3, 0.4) is 0 Å². The van der Waals surface area contributed by atoms with Crippen LogP contribution in [0.1, 0.15) is 26.2 Å². The number of hydrogen-bond donors (Lipinski definition) is 2. The van der Waals surface area contributed by atoms with Crippen molar-refractivity contribution < 1.29 is 8.42 Å². The number of unbranched alkanes of at least 4 members (excludes halogenated alkanes) is 1. The van der Waals surface area contributed by atoms with Crippen molar-refractivity contribution in [3.8, 4) is 0 Å². The molecule has 2 N–H and O–H groups in total. The Morgan fingerprint density at radius 3 is 2.85 bits per heavy atom. The average Bonchev–Trinajstić information content (AvgIpc) is 2.52. The van der Waals surface area contributed by atoms with Gasteiger partial charge < -0.3 is 5.32 Å². The minimum atomic E-state index is -3.02. The van der Waals surface area contributed by atoms with Crippen LogP contribution in [-0.2, 0) is 10.0 Å². The van der Waals surface area contributed by atoms with E-state index in [0.717, 1.165) is 32.4 Å². The zero-order valence-corrected chi connectivity index (χ0v) is 8.86. The first-order valence-electron chi connectivity index (χ1n) is 4.85. The summed E-state index contributed by atoms with van der Waals surface area (Å²) in [6.07, 6.45) is 2.57. The van der Waals surface area contributed by atoms with E-state index in [1.807, 2.05) is 6.92 Å². The van der Waals surface area contributed by atoms with Crippen LogP contribution in [0.25, 0.3) is 0 Å². The molecule has 0 aromatic heterocycles. The van der Waals surface area contributed by atoms with Crippen molar-refractivity contribution in [1.82, 2.24) is 10.0 Å². The molecule has 4 nitrogen and oxygen atoms in total. The molecule has 1 aliphatic heterocycles. The topological polar surface area (TPSA) is 58.2 Å². The molecule has 1 heterocycles. The molecule has 0 aliphatic carbocycles. The van der Waals surface area contributed by atoms with Gasteiger partial charge in [0.2, 0.25) is 10.0 Å². The van der Waals surface area contributed by atoms with Gasteiger partial charge in [-0.05, 0) is 19.4 Å². The molecule has 0 amide bonds. The third-order valence-corrected chi connectivity index (χ3v) is 3.69. The summed E-state index contributed by atoms with van der Waals surface area (Å²) in [5, 5.41) is 3.12. The maximum atomic E-state index is 11.4. The van der Waals surface area contributed by atoms with Gasteiger partial charge in [-0.1, -0.05) is 13.3 Å². The predicted octanol–water partition coefficient (Wildman–Crippen LogP) is 0.0678. The van der Waals surface area contributed by atoms with Gasteiger partial charge in [-0.25, -0.2) is 13.1 Å². The van der Waals surface area contributed by atoms with Crippen molar-refractivity contribution >= 4 is 10.0 Å². The van der Waals surface area contributed by atoms with Crippen LogP contribution in [-0.4, -0.2) is 33.3 Å². The summed E-state index contributed by atoms with van der Waals surface area (Å²) in [4.78, 5) is 0. The third-order valence-electron chi connectivity index (χ3n) is 2.17. The van der Waals surface area contributed by atoms with E-state index in [0.29, 0.717) is 0 Å². The minimum Gasteiger partial charge on any atom is -0.315 e. The highest BCUT2D eigenvalue weighted by Crippen LogP contribution is 2.01. The SMILES string of the molecule is CCCCS(=O)(=O)N[C@@H]1CCNC1. The molecule has 0 spiro atoms. The normalized spacial score (nSPS) is 23.6. The zero-order valence-electron chi connectivity index (χ0n) is 8.04. The highest BCUT2D eigenvalue weighted by Gasteiger charge is 2.20. The van der Waals surface area contributed by atoms with Gasteiger partial charge in [0.25, 0.3) is 0 Å². The summed E-state index contributed by atoms with van der Waals surface area (Å²) < 4.78 is 25.5. The maximum absolute atomic E-state index is 11.4. The molecule has 0 bridgehead atoms. The Kier molecular flexibility index (Phi) is 4.15. The smallest absolute Gasteiger partial charge is 0.211 e. The quantitative estimate of drug-likeness (QED) is 0.669. The second kappa shape index (κ2) is 4.93. The summed E-state index contributed by atoms with van der Waals surface area (Å²) in [5.41, 5.74) is 0. The average molecular weight is 206 g/mol. The Morgan fingerprint density at radius 1 is 1.54 bits per heavy atom. The first-order chi connectivity index (χ1) is 6.14. The van der Waals surface area contributed by atoms with E-state index in [4.69, 9.17) is 0 Å². The second-order valence-corrected chi connectivity index (χ2v) is 5.35. The van der Waals surface area contributed by atoms with Crippen LogP contribution in [0.2, 0.25) is 0 Å². The Morgan fingerprint density at radius 2 is 2.31 bits per heavy atom. The molecular formula is C8H18N2O2S. The van der Waals surface area contributed by atoms with Crippen LogP contribution in [0.5, 0.6) is 0 Å². The molecule has 1 aliphatic rings. The summed E-state index contributed by atoms with van der Waals surface area (Å²) in [5.74, 6) is 0.264. The molecule has 78 valence electrons. The van der Waals surface area contributed by atoms with Crippen molar-refractivity contribution in [2.45, 2.75) is 32.2 Å². The highest BCUT2D eigenvalue weighted by atomic mass is 32.2. The number of hydrogen-bond acceptors (Lipinski definition) is 3. The molecule has 5 heteroatoms. The first-order valence-corrected chi connectivity index (χ1v) is 6.50. The molecule has 13 heavy (non-hydrogen) atoms. The molecule has 1 rings (SSSR count). The van der Waals surface area contributed by atoms with Gasteiger partial charge in [0, 0.05) is 12.6 Å². The number of rotatable bonds is 5. The Balaban J connectivity index is 2.32. The summed E-state index contributed by atoms with van der Waals surface area (Å²) >= 11 is 0. The zero-order chi connectivity index (χ0) is 9.73. The second-order valence-electron chi connectivity index (χ2n) is 3.48. The van der Waals surface area contributed by atoms with E-state index in [1.165, 1.54) is 0 Å². The van der Waals surface area contributed by atoms with Gasteiger partial charge in [-0.15, -0.1) is 0 Å². The van der Waals surface area contributed by atoms with E-state index in [-0.39, 0.29) is 11.8 Å². The van der Waals surface area contributed by atoms with Gasteiger partial charge in [0.1, 0.15) is 0 Å². The van der Waals surface area contributed by atoms with Crippen molar-refractivity contribution in [2.24, 2.45) is 0 Å². The maximum Gasteiger partial charge on any atom is 0.211 e. The van der Waals surface area contributed by atoms with Crippen molar-refractivity contribution in [1.29, 1.82) is 0 Å². The van der Waals surface area contributed by atoms with Crippen molar-refractivity contribution in [3.63, 3.8) is 0 Å². The fraction of sp³-hybridized carbons (Fsp3) is 1.00. The van der Waals surface area contributed by atoms with Crippen LogP contribution in [0.15, 0.2) is 0 Å². The summed E-state index contributed by atoms with van der Waals surface area (Å²) in [6, 6.07) is 0.113. The van der Waals surface area contributed by atoms with E-state index in [2.05, 4.69) is 10.0 Å². The van der Waals surface area contributed by atoms with Crippen molar-refractivity contribution in [3.05, 3.63) is 0 Å². The molecule has 0 radical (unpaired) electrons. The number of nitrogens with one attached hydrogen (secondary N) is 2. The minimum absolute atomic E-state index is 0.113.